The third-order valence-corrected chi connectivity index (χ3v) is 4.07. The molecule has 2 heterocycles. The molecule has 1 fully saturated rings. The Labute approximate surface area is 117 Å². The second kappa shape index (κ2) is 6.98. The minimum Gasteiger partial charge on any atom is -0.379 e. The highest BCUT2D eigenvalue weighted by atomic mass is 32.1. The zero-order valence-corrected chi connectivity index (χ0v) is 12.3. The van der Waals surface area contributed by atoms with Crippen LogP contribution in [0.1, 0.15) is 23.2 Å². The lowest BCUT2D eigenvalue weighted by molar-refractivity contribution is -0.125. The first-order valence-corrected chi connectivity index (χ1v) is 7.52. The summed E-state index contributed by atoms with van der Waals surface area (Å²) in [5, 5.41) is 7.26. The van der Waals surface area contributed by atoms with E-state index in [0.29, 0.717) is 19.8 Å². The molecule has 1 aromatic rings. The second-order valence-electron chi connectivity index (χ2n) is 4.79. The van der Waals surface area contributed by atoms with E-state index in [0.717, 1.165) is 22.9 Å². The number of hydrogen-bond donors (Lipinski definition) is 2. The lowest BCUT2D eigenvalue weighted by atomic mass is 10.0. The van der Waals surface area contributed by atoms with E-state index < -0.39 is 0 Å². The van der Waals surface area contributed by atoms with E-state index in [1.54, 1.807) is 11.3 Å². The van der Waals surface area contributed by atoms with Crippen LogP contribution in [-0.2, 0) is 16.1 Å². The minimum absolute atomic E-state index is 0.0546. The van der Waals surface area contributed by atoms with Crippen LogP contribution in [0.3, 0.4) is 0 Å². The van der Waals surface area contributed by atoms with Gasteiger partial charge in [-0.3, -0.25) is 4.79 Å². The van der Waals surface area contributed by atoms with Gasteiger partial charge in [0.25, 0.3) is 0 Å². The number of rotatable bonds is 6. The molecule has 2 rings (SSSR count). The summed E-state index contributed by atoms with van der Waals surface area (Å²) in [7, 11) is 0. The molecule has 0 aromatic carbocycles. The van der Waals surface area contributed by atoms with Gasteiger partial charge in [-0.25, -0.2) is 4.98 Å². The van der Waals surface area contributed by atoms with Crippen molar-refractivity contribution < 1.29 is 9.53 Å². The predicted molar refractivity (Wildman–Crippen MR) is 75.1 cm³/mol. The van der Waals surface area contributed by atoms with Crippen LogP contribution in [0.2, 0.25) is 0 Å². The molecule has 0 saturated carbocycles. The van der Waals surface area contributed by atoms with Gasteiger partial charge in [0, 0.05) is 17.1 Å². The summed E-state index contributed by atoms with van der Waals surface area (Å²) < 4.78 is 5.41. The average molecular weight is 283 g/mol. The van der Waals surface area contributed by atoms with Crippen molar-refractivity contribution >= 4 is 17.2 Å². The molecule has 2 atom stereocenters. The molecule has 1 aromatic heterocycles. The van der Waals surface area contributed by atoms with Crippen LogP contribution >= 0.6 is 11.3 Å². The summed E-state index contributed by atoms with van der Waals surface area (Å²) in [6, 6.07) is 0.137. The first-order valence-electron chi connectivity index (χ1n) is 6.71. The molecule has 2 N–H and O–H groups in total. The van der Waals surface area contributed by atoms with Gasteiger partial charge in [-0.1, -0.05) is 6.92 Å². The highest BCUT2D eigenvalue weighted by Gasteiger charge is 2.33. The van der Waals surface area contributed by atoms with Gasteiger partial charge in [0.05, 0.1) is 25.7 Å². The number of nitrogens with one attached hydrogen (secondary N) is 2. The molecule has 0 bridgehead atoms. The topological polar surface area (TPSA) is 63.2 Å². The maximum atomic E-state index is 12.1. The Kier molecular flexibility index (Phi) is 5.30. The van der Waals surface area contributed by atoms with E-state index in [4.69, 9.17) is 4.74 Å². The molecule has 0 aliphatic carbocycles. The maximum absolute atomic E-state index is 12.1. The Morgan fingerprint density at radius 1 is 1.58 bits per heavy atom. The Hall–Kier alpha value is -0.980. The highest BCUT2D eigenvalue weighted by Crippen LogP contribution is 2.15. The fourth-order valence-electron chi connectivity index (χ4n) is 2.12. The number of ether oxygens (including phenoxy) is 1. The van der Waals surface area contributed by atoms with Crippen LogP contribution in [0, 0.1) is 12.8 Å². The van der Waals surface area contributed by atoms with Gasteiger partial charge in [-0.05, 0) is 19.9 Å². The Bertz CT molecular complexity index is 422. The summed E-state index contributed by atoms with van der Waals surface area (Å²) >= 11 is 1.61. The van der Waals surface area contributed by atoms with Gasteiger partial charge in [0.15, 0.2) is 0 Å². The normalized spacial score (nSPS) is 22.6. The fraction of sp³-hybridized carbons (Fsp3) is 0.692. The van der Waals surface area contributed by atoms with Gasteiger partial charge >= 0.3 is 0 Å². The Balaban J connectivity index is 1.81. The lowest BCUT2D eigenvalue weighted by Crippen LogP contribution is -2.44. The summed E-state index contributed by atoms with van der Waals surface area (Å²) in [4.78, 5) is 17.5. The molecule has 1 amide bonds. The molecule has 1 aliphatic heterocycles. The second-order valence-corrected chi connectivity index (χ2v) is 6.11. The van der Waals surface area contributed by atoms with E-state index in [1.807, 2.05) is 13.1 Å². The molecule has 106 valence electrons. The quantitative estimate of drug-likeness (QED) is 0.820. The number of aromatic nitrogens is 1. The number of aryl methyl sites for hydroxylation is 1. The molecule has 1 aliphatic rings. The van der Waals surface area contributed by atoms with Crippen LogP contribution in [0.5, 0.6) is 0 Å². The number of nitrogens with zero attached hydrogens (tertiary/aromatic N) is 1. The van der Waals surface area contributed by atoms with E-state index in [2.05, 4.69) is 22.5 Å². The van der Waals surface area contributed by atoms with Gasteiger partial charge < -0.3 is 15.4 Å². The van der Waals surface area contributed by atoms with Gasteiger partial charge in [0.1, 0.15) is 5.01 Å². The fourth-order valence-corrected chi connectivity index (χ4v) is 2.85. The molecular weight excluding hydrogens is 262 g/mol. The van der Waals surface area contributed by atoms with Gasteiger partial charge in [-0.15, -0.1) is 11.3 Å². The van der Waals surface area contributed by atoms with Crippen molar-refractivity contribution in [1.82, 2.24) is 15.6 Å². The third kappa shape index (κ3) is 3.99. The molecule has 2 unspecified atom stereocenters. The molecular formula is C13H21N3O2S. The molecule has 1 saturated heterocycles. The molecule has 5 nitrogen and oxygen atoms in total. The Morgan fingerprint density at radius 2 is 2.42 bits per heavy atom. The summed E-state index contributed by atoms with van der Waals surface area (Å²) in [6.45, 7) is 6.68. The van der Waals surface area contributed by atoms with Crippen LogP contribution in [0.25, 0.3) is 0 Å². The monoisotopic (exact) mass is 283 g/mol. The lowest BCUT2D eigenvalue weighted by Gasteiger charge is -2.18. The highest BCUT2D eigenvalue weighted by molar-refractivity contribution is 7.11. The zero-order chi connectivity index (χ0) is 13.7. The Morgan fingerprint density at radius 3 is 3.11 bits per heavy atom. The van der Waals surface area contributed by atoms with Crippen molar-refractivity contribution in [2.45, 2.75) is 32.9 Å². The average Bonchev–Trinajstić information content (AvgIpc) is 3.02. The molecule has 19 heavy (non-hydrogen) atoms. The number of hydrogen-bond acceptors (Lipinski definition) is 5. The van der Waals surface area contributed by atoms with Crippen molar-refractivity contribution in [1.29, 1.82) is 0 Å². The first kappa shape index (κ1) is 14.4. The first-order chi connectivity index (χ1) is 9.20. The van der Waals surface area contributed by atoms with Crippen molar-refractivity contribution in [3.8, 4) is 0 Å². The number of carbonyl (C=O) groups excluding carboxylic acids is 1. The number of amides is 1. The SMILES string of the molecule is CCCNC1COCC1C(=O)NCc1ncc(C)s1. The third-order valence-electron chi connectivity index (χ3n) is 3.16. The van der Waals surface area contributed by atoms with Crippen molar-refractivity contribution in [3.05, 3.63) is 16.1 Å². The largest absolute Gasteiger partial charge is 0.379 e. The minimum atomic E-state index is -0.0902. The maximum Gasteiger partial charge on any atom is 0.227 e. The molecule has 0 radical (unpaired) electrons. The van der Waals surface area contributed by atoms with Crippen molar-refractivity contribution in [3.63, 3.8) is 0 Å². The van der Waals surface area contributed by atoms with E-state index >= 15 is 0 Å². The summed E-state index contributed by atoms with van der Waals surface area (Å²) in [5.41, 5.74) is 0. The molecule has 0 spiro atoms. The van der Waals surface area contributed by atoms with Crippen LogP contribution < -0.4 is 10.6 Å². The van der Waals surface area contributed by atoms with Gasteiger partial charge in [-0.2, -0.15) is 0 Å². The van der Waals surface area contributed by atoms with E-state index in [-0.39, 0.29) is 17.9 Å². The standard InChI is InChI=1S/C13H21N3O2S/c1-3-4-14-11-8-18-7-10(11)13(17)16-6-12-15-5-9(2)19-12/h5,10-11,14H,3-4,6-8H2,1-2H3,(H,16,17). The van der Waals surface area contributed by atoms with E-state index in [9.17, 15) is 4.79 Å². The zero-order valence-electron chi connectivity index (χ0n) is 11.4. The summed E-state index contributed by atoms with van der Waals surface area (Å²) in [5.74, 6) is -0.0356. The number of thiazole rings is 1. The smallest absolute Gasteiger partial charge is 0.227 e. The van der Waals surface area contributed by atoms with Crippen LogP contribution in [0.15, 0.2) is 6.20 Å². The van der Waals surface area contributed by atoms with E-state index in [1.165, 1.54) is 0 Å². The van der Waals surface area contributed by atoms with Gasteiger partial charge in [0.2, 0.25) is 5.91 Å². The summed E-state index contributed by atoms with van der Waals surface area (Å²) in [6.07, 6.45) is 2.89. The van der Waals surface area contributed by atoms with Crippen LogP contribution in [-0.4, -0.2) is 36.7 Å². The van der Waals surface area contributed by atoms with Crippen molar-refractivity contribution in [2.75, 3.05) is 19.8 Å². The molecule has 6 heteroatoms. The predicted octanol–water partition coefficient (Wildman–Crippen LogP) is 1.08. The number of carbonyl (C=O) groups is 1. The van der Waals surface area contributed by atoms with Crippen molar-refractivity contribution in [2.24, 2.45) is 5.92 Å². The van der Waals surface area contributed by atoms with Crippen LogP contribution in [0.4, 0.5) is 0 Å².